The van der Waals surface area contributed by atoms with Gasteiger partial charge in [-0.2, -0.15) is 0 Å². The van der Waals surface area contributed by atoms with Crippen LogP contribution in [0.1, 0.15) is 14.9 Å². The molecule has 0 fully saturated rings. The van der Waals surface area contributed by atoms with Gasteiger partial charge in [-0.3, -0.25) is 0 Å². The van der Waals surface area contributed by atoms with E-state index in [0.29, 0.717) is 0 Å². The molecule has 3 heteroatoms. The summed E-state index contributed by atoms with van der Waals surface area (Å²) < 4.78 is 0. The Morgan fingerprint density at radius 3 is 0.357 bits per heavy atom. The molecule has 0 amide bonds. The van der Waals surface area contributed by atoms with Crippen LogP contribution in [0.3, 0.4) is 0 Å². The first-order valence-corrected chi connectivity index (χ1v) is 4.02. The molecule has 0 saturated carbocycles. The van der Waals surface area contributed by atoms with Crippen molar-refractivity contribution in [2.75, 3.05) is 63.4 Å². The summed E-state index contributed by atoms with van der Waals surface area (Å²) in [6.45, 7) is 0. The maximum absolute atomic E-state index is 2.00. The standard InChI is InChI=1S/3C3H9N.2CH4/c3*1-4(2)3;;/h3*1-3H3;2*1H4. The molecule has 0 radical (unpaired) electrons. The fourth-order valence-corrected chi connectivity index (χ4v) is 0. The number of nitrogens with zero attached hydrogens (tertiary/aromatic N) is 3. The van der Waals surface area contributed by atoms with Crippen LogP contribution in [-0.2, 0) is 0 Å². The predicted octanol–water partition coefficient (Wildman–Crippen LogP) is 1.81. The first-order chi connectivity index (χ1) is 5.20. The summed E-state index contributed by atoms with van der Waals surface area (Å²) in [5.41, 5.74) is 0. The second-order valence-corrected chi connectivity index (χ2v) is 4.02. The van der Waals surface area contributed by atoms with Crippen molar-refractivity contribution in [1.29, 1.82) is 0 Å². The monoisotopic (exact) mass is 209 g/mol. The van der Waals surface area contributed by atoms with Crippen molar-refractivity contribution in [2.24, 2.45) is 0 Å². The summed E-state index contributed by atoms with van der Waals surface area (Å²) in [6.07, 6.45) is 0. The first-order valence-electron chi connectivity index (χ1n) is 4.02. The van der Waals surface area contributed by atoms with E-state index in [4.69, 9.17) is 0 Å². The van der Waals surface area contributed by atoms with Crippen LogP contribution in [-0.4, -0.2) is 78.1 Å². The predicted molar refractivity (Wildman–Crippen MR) is 72.3 cm³/mol. The Hall–Kier alpha value is -0.120. The van der Waals surface area contributed by atoms with Gasteiger partial charge in [-0.05, 0) is 63.4 Å². The highest BCUT2D eigenvalue weighted by atomic mass is 15.0. The largest absolute Gasteiger partial charge is 0.312 e. The van der Waals surface area contributed by atoms with Gasteiger partial charge in [0.2, 0.25) is 0 Å². The van der Waals surface area contributed by atoms with Crippen molar-refractivity contribution in [1.82, 2.24) is 14.7 Å². The molecule has 0 unspecified atom stereocenters. The number of hydrogen-bond donors (Lipinski definition) is 0. The Morgan fingerprint density at radius 1 is 0.357 bits per heavy atom. The number of rotatable bonds is 0. The molecule has 0 aliphatic rings. The second-order valence-electron chi connectivity index (χ2n) is 4.02. The maximum atomic E-state index is 2.00. The molecule has 0 rings (SSSR count). The van der Waals surface area contributed by atoms with Gasteiger partial charge in [-0.15, -0.1) is 0 Å². The molecule has 0 aromatic rings. The minimum absolute atomic E-state index is 0. The smallest absolute Gasteiger partial charge is 0.0140 e. The van der Waals surface area contributed by atoms with Crippen molar-refractivity contribution >= 4 is 0 Å². The summed E-state index contributed by atoms with van der Waals surface area (Å²) in [4.78, 5) is 6.00. The molecule has 0 heterocycles. The fourth-order valence-electron chi connectivity index (χ4n) is 0. The lowest BCUT2D eigenvalue weighted by Gasteiger charge is -1.90. The molecule has 0 atom stereocenters. The lowest BCUT2D eigenvalue weighted by molar-refractivity contribution is 0.505. The lowest BCUT2D eigenvalue weighted by atomic mass is 11.0. The van der Waals surface area contributed by atoms with Gasteiger partial charge in [0, 0.05) is 0 Å². The van der Waals surface area contributed by atoms with E-state index in [1.807, 2.05) is 78.1 Å². The van der Waals surface area contributed by atoms with E-state index in [0.717, 1.165) is 0 Å². The maximum Gasteiger partial charge on any atom is -0.0140 e. The van der Waals surface area contributed by atoms with Crippen molar-refractivity contribution in [3.8, 4) is 0 Å². The van der Waals surface area contributed by atoms with Gasteiger partial charge in [0.1, 0.15) is 0 Å². The minimum atomic E-state index is 0. The van der Waals surface area contributed by atoms with Gasteiger partial charge in [-0.1, -0.05) is 14.9 Å². The van der Waals surface area contributed by atoms with E-state index >= 15 is 0 Å². The second kappa shape index (κ2) is 23.1. The molecule has 0 saturated heterocycles. The Bertz CT molecular complexity index is 39.0. The average Bonchev–Trinajstić information content (AvgIpc) is 1.54. The van der Waals surface area contributed by atoms with Crippen LogP contribution < -0.4 is 0 Å². The number of hydrogen-bond acceptors (Lipinski definition) is 3. The summed E-state index contributed by atoms with van der Waals surface area (Å²) >= 11 is 0. The summed E-state index contributed by atoms with van der Waals surface area (Å²) in [7, 11) is 18.0. The van der Waals surface area contributed by atoms with Gasteiger partial charge in [0.15, 0.2) is 0 Å². The van der Waals surface area contributed by atoms with Crippen LogP contribution in [0, 0.1) is 0 Å². The topological polar surface area (TPSA) is 9.72 Å². The molecule has 0 aromatic heterocycles. The van der Waals surface area contributed by atoms with Crippen molar-refractivity contribution in [3.05, 3.63) is 0 Å². The molecular weight excluding hydrogens is 174 g/mol. The third-order valence-electron chi connectivity index (χ3n) is 0. The Balaban J connectivity index is -0.0000000270. The first kappa shape index (κ1) is 29.2. The Kier molecular flexibility index (Phi) is 48.1. The third kappa shape index (κ3) is 97700. The minimum Gasteiger partial charge on any atom is -0.312 e. The van der Waals surface area contributed by atoms with E-state index in [1.165, 1.54) is 0 Å². The van der Waals surface area contributed by atoms with Gasteiger partial charge >= 0.3 is 0 Å². The molecule has 0 aliphatic heterocycles. The van der Waals surface area contributed by atoms with E-state index < -0.39 is 0 Å². The molecule has 94 valence electrons. The summed E-state index contributed by atoms with van der Waals surface area (Å²) in [5.74, 6) is 0. The highest BCUT2D eigenvalue weighted by Crippen LogP contribution is 1.48. The quantitative estimate of drug-likeness (QED) is 0.602. The van der Waals surface area contributed by atoms with Gasteiger partial charge in [-0.25, -0.2) is 0 Å². The van der Waals surface area contributed by atoms with Crippen LogP contribution in [0.15, 0.2) is 0 Å². The normalized spacial score (nSPS) is 7.71. The van der Waals surface area contributed by atoms with Gasteiger partial charge in [0.25, 0.3) is 0 Å². The van der Waals surface area contributed by atoms with Gasteiger partial charge in [0.05, 0.1) is 0 Å². The van der Waals surface area contributed by atoms with E-state index in [-0.39, 0.29) is 14.9 Å². The zero-order chi connectivity index (χ0) is 10.7. The molecule has 0 bridgehead atoms. The zero-order valence-electron chi connectivity index (χ0n) is 10.3. The third-order valence-corrected chi connectivity index (χ3v) is 0. The Labute approximate surface area is 93.7 Å². The molecule has 3 nitrogen and oxygen atoms in total. The SMILES string of the molecule is C.C.CN(C)C.CN(C)C.CN(C)C. The van der Waals surface area contributed by atoms with E-state index in [9.17, 15) is 0 Å². The lowest BCUT2D eigenvalue weighted by Crippen LogP contribution is -1.99. The van der Waals surface area contributed by atoms with Gasteiger partial charge < -0.3 is 14.7 Å². The molecular formula is C11H35N3. The highest BCUT2D eigenvalue weighted by Gasteiger charge is 1.58. The molecule has 0 N–H and O–H groups in total. The zero-order valence-corrected chi connectivity index (χ0v) is 10.3. The molecule has 14 heavy (non-hydrogen) atoms. The summed E-state index contributed by atoms with van der Waals surface area (Å²) in [6, 6.07) is 0. The van der Waals surface area contributed by atoms with Crippen LogP contribution >= 0.6 is 0 Å². The van der Waals surface area contributed by atoms with E-state index in [1.54, 1.807) is 0 Å². The summed E-state index contributed by atoms with van der Waals surface area (Å²) in [5, 5.41) is 0. The van der Waals surface area contributed by atoms with Crippen molar-refractivity contribution < 1.29 is 0 Å². The van der Waals surface area contributed by atoms with Crippen LogP contribution in [0.4, 0.5) is 0 Å². The van der Waals surface area contributed by atoms with Crippen LogP contribution in [0.2, 0.25) is 0 Å². The highest BCUT2D eigenvalue weighted by molar-refractivity contribution is 4.10. The van der Waals surface area contributed by atoms with Crippen molar-refractivity contribution in [2.45, 2.75) is 14.9 Å². The van der Waals surface area contributed by atoms with Crippen LogP contribution in [0.5, 0.6) is 0 Å². The van der Waals surface area contributed by atoms with Crippen LogP contribution in [0.25, 0.3) is 0 Å². The molecule has 0 aromatic carbocycles. The fraction of sp³-hybridized carbons (Fsp3) is 1.00. The van der Waals surface area contributed by atoms with E-state index in [2.05, 4.69) is 0 Å². The Morgan fingerprint density at radius 2 is 0.357 bits per heavy atom. The average molecular weight is 209 g/mol. The molecule has 0 aliphatic carbocycles. The molecule has 0 spiro atoms. The van der Waals surface area contributed by atoms with Crippen molar-refractivity contribution in [3.63, 3.8) is 0 Å².